The predicted molar refractivity (Wildman–Crippen MR) is 124 cm³/mol. The summed E-state index contributed by atoms with van der Waals surface area (Å²) in [5, 5.41) is 13.2. The number of rotatable bonds is 4. The lowest BCUT2D eigenvalue weighted by Crippen LogP contribution is -2.29. The SMILES string of the molecule is O=C(c1sc2c(ccc(=O)n2-c2ccc(F)cc2)c1Nc1ccc(F)cc1F)N1CC[C@H](O)C1. The summed E-state index contributed by atoms with van der Waals surface area (Å²) in [6.45, 7) is 0.506. The largest absolute Gasteiger partial charge is 0.391 e. The molecule has 0 saturated carbocycles. The van der Waals surface area contributed by atoms with Gasteiger partial charge in [-0.2, -0.15) is 0 Å². The van der Waals surface area contributed by atoms with Gasteiger partial charge in [-0.3, -0.25) is 14.2 Å². The number of nitrogens with one attached hydrogen (secondary N) is 1. The number of pyridine rings is 1. The molecule has 1 amide bonds. The topological polar surface area (TPSA) is 74.6 Å². The number of hydrogen-bond acceptors (Lipinski definition) is 5. The lowest BCUT2D eigenvalue weighted by Gasteiger charge is -2.16. The summed E-state index contributed by atoms with van der Waals surface area (Å²) < 4.78 is 42.7. The third-order valence-corrected chi connectivity index (χ3v) is 6.84. The predicted octanol–water partition coefficient (Wildman–Crippen LogP) is 4.42. The number of β-amino-alcohol motifs (C(OH)–C–C–N with tert-alkyl or cyclic N) is 1. The number of aliphatic hydroxyl groups excluding tert-OH is 1. The van der Waals surface area contributed by atoms with Gasteiger partial charge in [0.2, 0.25) is 0 Å². The van der Waals surface area contributed by atoms with E-state index >= 15 is 0 Å². The Labute approximate surface area is 195 Å². The molecule has 0 radical (unpaired) electrons. The number of amides is 1. The molecule has 4 aromatic rings. The highest BCUT2D eigenvalue weighted by molar-refractivity contribution is 7.21. The number of carbonyl (C=O) groups excluding carboxylic acids is 1. The fraction of sp³-hybridized carbons (Fsp3) is 0.167. The molecular formula is C24H18F3N3O3S. The average Bonchev–Trinajstić information content (AvgIpc) is 3.40. The van der Waals surface area contributed by atoms with Crippen LogP contribution in [0.15, 0.2) is 59.4 Å². The Morgan fingerprint density at radius 3 is 2.44 bits per heavy atom. The van der Waals surface area contributed by atoms with E-state index in [2.05, 4.69) is 5.32 Å². The van der Waals surface area contributed by atoms with Crippen molar-refractivity contribution in [3.63, 3.8) is 0 Å². The minimum absolute atomic E-state index is 0.0452. The van der Waals surface area contributed by atoms with Gasteiger partial charge < -0.3 is 15.3 Å². The molecule has 3 heterocycles. The number of hydrogen-bond donors (Lipinski definition) is 2. The first-order valence-electron chi connectivity index (χ1n) is 10.5. The molecule has 0 aliphatic carbocycles. The minimum Gasteiger partial charge on any atom is -0.391 e. The molecule has 1 saturated heterocycles. The van der Waals surface area contributed by atoms with Crippen LogP contribution in [-0.2, 0) is 0 Å². The molecule has 0 bridgehead atoms. The molecule has 1 atom stereocenters. The Bertz CT molecular complexity index is 1470. The highest BCUT2D eigenvalue weighted by atomic mass is 32.1. The van der Waals surface area contributed by atoms with E-state index in [0.29, 0.717) is 28.9 Å². The van der Waals surface area contributed by atoms with Gasteiger partial charge in [-0.05, 0) is 48.9 Å². The molecule has 34 heavy (non-hydrogen) atoms. The summed E-state index contributed by atoms with van der Waals surface area (Å²) in [5.74, 6) is -2.44. The Kier molecular flexibility index (Phi) is 5.62. The van der Waals surface area contributed by atoms with Crippen molar-refractivity contribution in [3.8, 4) is 5.69 Å². The van der Waals surface area contributed by atoms with Crippen molar-refractivity contribution < 1.29 is 23.1 Å². The van der Waals surface area contributed by atoms with Crippen LogP contribution in [0.4, 0.5) is 24.5 Å². The summed E-state index contributed by atoms with van der Waals surface area (Å²) in [5.41, 5.74) is 0.215. The standard InChI is InChI=1S/C24H18F3N3O3S/c25-13-1-4-15(5-2-13)30-20(32)8-6-17-21(28-19-7-3-14(26)11-18(19)27)22(34-24(17)30)23(33)29-10-9-16(31)12-29/h1-8,11,16,28,31H,9-10,12H2/t16-/m0/s1. The molecule has 5 rings (SSSR count). The minimum atomic E-state index is -0.846. The Balaban J connectivity index is 1.72. The fourth-order valence-corrected chi connectivity index (χ4v) is 5.23. The smallest absolute Gasteiger partial charge is 0.266 e. The van der Waals surface area contributed by atoms with Gasteiger partial charge in [0.25, 0.3) is 11.5 Å². The first kappa shape index (κ1) is 22.2. The number of benzene rings is 2. The Morgan fingerprint density at radius 1 is 1.03 bits per heavy atom. The molecule has 0 spiro atoms. The second-order valence-electron chi connectivity index (χ2n) is 7.95. The van der Waals surface area contributed by atoms with Gasteiger partial charge >= 0.3 is 0 Å². The van der Waals surface area contributed by atoms with E-state index in [0.717, 1.165) is 23.5 Å². The number of fused-ring (bicyclic) bond motifs is 1. The fourth-order valence-electron chi connectivity index (χ4n) is 3.99. The Hall–Kier alpha value is -3.63. The molecule has 2 N–H and O–H groups in total. The van der Waals surface area contributed by atoms with Crippen LogP contribution in [0, 0.1) is 17.5 Å². The zero-order valence-electron chi connectivity index (χ0n) is 17.6. The summed E-state index contributed by atoms with van der Waals surface area (Å²) in [4.78, 5) is 28.3. The monoisotopic (exact) mass is 485 g/mol. The van der Waals surface area contributed by atoms with E-state index in [4.69, 9.17) is 0 Å². The number of thiophene rings is 1. The molecule has 1 aliphatic rings. The second kappa shape index (κ2) is 8.62. The lowest BCUT2D eigenvalue weighted by molar-refractivity contribution is 0.0770. The highest BCUT2D eigenvalue weighted by Crippen LogP contribution is 2.39. The van der Waals surface area contributed by atoms with Crippen LogP contribution in [0.2, 0.25) is 0 Å². The maximum atomic E-state index is 14.5. The van der Waals surface area contributed by atoms with E-state index < -0.39 is 29.1 Å². The van der Waals surface area contributed by atoms with Crippen molar-refractivity contribution in [1.29, 1.82) is 0 Å². The molecular weight excluding hydrogens is 467 g/mol. The summed E-state index contributed by atoms with van der Waals surface area (Å²) >= 11 is 1.03. The van der Waals surface area contributed by atoms with Gasteiger partial charge in [0, 0.05) is 30.6 Å². The molecule has 174 valence electrons. The van der Waals surface area contributed by atoms with Crippen LogP contribution in [-0.4, -0.2) is 39.7 Å². The number of aliphatic hydroxyl groups is 1. The number of nitrogens with zero attached hydrogens (tertiary/aromatic N) is 2. The van der Waals surface area contributed by atoms with E-state index in [1.165, 1.54) is 51.9 Å². The Morgan fingerprint density at radius 2 is 1.76 bits per heavy atom. The molecule has 0 unspecified atom stereocenters. The molecule has 2 aromatic carbocycles. The van der Waals surface area contributed by atoms with Crippen LogP contribution in [0.25, 0.3) is 15.9 Å². The van der Waals surface area contributed by atoms with Crippen molar-refractivity contribution in [2.24, 2.45) is 0 Å². The normalized spacial score (nSPS) is 15.8. The van der Waals surface area contributed by atoms with Gasteiger partial charge in [-0.1, -0.05) is 0 Å². The maximum Gasteiger partial charge on any atom is 0.266 e. The highest BCUT2D eigenvalue weighted by Gasteiger charge is 2.30. The third-order valence-electron chi connectivity index (χ3n) is 5.66. The summed E-state index contributed by atoms with van der Waals surface area (Å²) in [7, 11) is 0. The van der Waals surface area contributed by atoms with Crippen molar-refractivity contribution >= 4 is 38.8 Å². The van der Waals surface area contributed by atoms with Crippen molar-refractivity contribution in [3.05, 3.63) is 87.3 Å². The van der Waals surface area contributed by atoms with Gasteiger partial charge in [-0.25, -0.2) is 13.2 Å². The third kappa shape index (κ3) is 3.95. The van der Waals surface area contributed by atoms with E-state index in [1.807, 2.05) is 0 Å². The van der Waals surface area contributed by atoms with Gasteiger partial charge in [0.05, 0.1) is 23.2 Å². The first-order valence-corrected chi connectivity index (χ1v) is 11.3. The number of carbonyl (C=O) groups is 1. The second-order valence-corrected chi connectivity index (χ2v) is 8.95. The first-order chi connectivity index (χ1) is 16.3. The maximum absolute atomic E-state index is 14.5. The average molecular weight is 485 g/mol. The quantitative estimate of drug-likeness (QED) is 0.449. The van der Waals surface area contributed by atoms with Crippen molar-refractivity contribution in [2.75, 3.05) is 18.4 Å². The van der Waals surface area contributed by atoms with Gasteiger partial charge in [-0.15, -0.1) is 11.3 Å². The van der Waals surface area contributed by atoms with Crippen molar-refractivity contribution in [2.45, 2.75) is 12.5 Å². The molecule has 6 nitrogen and oxygen atoms in total. The molecule has 2 aromatic heterocycles. The van der Waals surface area contributed by atoms with Crippen LogP contribution in [0.3, 0.4) is 0 Å². The summed E-state index contributed by atoms with van der Waals surface area (Å²) in [6.07, 6.45) is -0.201. The zero-order chi connectivity index (χ0) is 24.0. The van der Waals surface area contributed by atoms with Crippen LogP contribution < -0.4 is 10.9 Å². The van der Waals surface area contributed by atoms with Crippen LogP contribution in [0.5, 0.6) is 0 Å². The van der Waals surface area contributed by atoms with Gasteiger partial charge in [0.15, 0.2) is 0 Å². The van der Waals surface area contributed by atoms with E-state index in [-0.39, 0.29) is 28.7 Å². The number of aromatic nitrogens is 1. The molecule has 1 fully saturated rings. The lowest BCUT2D eigenvalue weighted by atomic mass is 10.2. The number of likely N-dealkylation sites (tertiary alicyclic amines) is 1. The van der Waals surface area contributed by atoms with Crippen LogP contribution >= 0.6 is 11.3 Å². The molecule has 1 aliphatic heterocycles. The van der Waals surface area contributed by atoms with Crippen molar-refractivity contribution in [1.82, 2.24) is 9.47 Å². The van der Waals surface area contributed by atoms with E-state index in [1.54, 1.807) is 0 Å². The molecule has 10 heteroatoms. The summed E-state index contributed by atoms with van der Waals surface area (Å²) in [6, 6.07) is 11.2. The number of anilines is 2. The van der Waals surface area contributed by atoms with Crippen LogP contribution in [0.1, 0.15) is 16.1 Å². The number of halogens is 3. The van der Waals surface area contributed by atoms with E-state index in [9.17, 15) is 27.9 Å². The zero-order valence-corrected chi connectivity index (χ0v) is 18.4. The van der Waals surface area contributed by atoms with Gasteiger partial charge in [0.1, 0.15) is 27.2 Å².